The average Bonchev–Trinajstić information content (AvgIpc) is 2.16. The lowest BCUT2D eigenvalue weighted by molar-refractivity contribution is -0.113. The Morgan fingerprint density at radius 2 is 1.80 bits per heavy atom. The highest BCUT2D eigenvalue weighted by Crippen LogP contribution is 1.88. The molecule has 1 aliphatic heterocycles. The van der Waals surface area contributed by atoms with Crippen LogP contribution in [0.3, 0.4) is 0 Å². The van der Waals surface area contributed by atoms with Crippen LogP contribution in [-0.4, -0.2) is 17.6 Å². The van der Waals surface area contributed by atoms with Gasteiger partial charge in [-0.2, -0.15) is 4.99 Å². The van der Waals surface area contributed by atoms with Crippen LogP contribution in [0.5, 0.6) is 0 Å². The minimum Gasteiger partial charge on any atom is -0.271 e. The Morgan fingerprint density at radius 1 is 1.30 bits per heavy atom. The molecule has 0 saturated heterocycles. The molecule has 1 rings (SSSR count). The van der Waals surface area contributed by atoms with Gasteiger partial charge >= 0.3 is 6.03 Å². The SMILES string of the molecule is CC.CC1=NC(=O)NC1=O. The van der Waals surface area contributed by atoms with Crippen molar-refractivity contribution in [2.75, 3.05) is 0 Å². The van der Waals surface area contributed by atoms with Gasteiger partial charge in [0.05, 0.1) is 0 Å². The number of hydrogen-bond donors (Lipinski definition) is 1. The van der Waals surface area contributed by atoms with Crippen molar-refractivity contribution >= 4 is 17.6 Å². The Balaban J connectivity index is 0.000000371. The third-order valence-electron chi connectivity index (χ3n) is 0.818. The molecule has 0 unspecified atom stereocenters. The topological polar surface area (TPSA) is 58.5 Å². The molecule has 10 heavy (non-hydrogen) atoms. The maximum Gasteiger partial charge on any atom is 0.348 e. The van der Waals surface area contributed by atoms with Gasteiger partial charge in [0, 0.05) is 0 Å². The smallest absolute Gasteiger partial charge is 0.271 e. The Kier molecular flexibility index (Phi) is 3.32. The number of aliphatic imine (C=N–C) groups is 1. The van der Waals surface area contributed by atoms with Gasteiger partial charge in [-0.15, -0.1) is 0 Å². The van der Waals surface area contributed by atoms with Crippen molar-refractivity contribution in [1.82, 2.24) is 5.32 Å². The van der Waals surface area contributed by atoms with Gasteiger partial charge in [0.2, 0.25) is 0 Å². The van der Waals surface area contributed by atoms with E-state index in [1.165, 1.54) is 6.92 Å². The first-order chi connectivity index (χ1) is 4.70. The summed E-state index contributed by atoms with van der Waals surface area (Å²) < 4.78 is 0. The Bertz CT molecular complexity index is 184. The minimum absolute atomic E-state index is 0.231. The molecular weight excluding hydrogens is 132 g/mol. The monoisotopic (exact) mass is 142 g/mol. The van der Waals surface area contributed by atoms with Crippen LogP contribution in [0, 0.1) is 0 Å². The molecule has 0 radical (unpaired) electrons. The Morgan fingerprint density at radius 3 is 1.90 bits per heavy atom. The highest BCUT2D eigenvalue weighted by molar-refractivity contribution is 6.45. The van der Waals surface area contributed by atoms with Gasteiger partial charge < -0.3 is 0 Å². The number of urea groups is 1. The van der Waals surface area contributed by atoms with Crippen molar-refractivity contribution in [2.45, 2.75) is 20.8 Å². The molecule has 1 heterocycles. The first-order valence-corrected chi connectivity index (χ1v) is 3.11. The largest absolute Gasteiger partial charge is 0.348 e. The average molecular weight is 142 g/mol. The number of hydrogen-bond acceptors (Lipinski definition) is 2. The van der Waals surface area contributed by atoms with Gasteiger partial charge in [-0.05, 0) is 6.92 Å². The summed E-state index contributed by atoms with van der Waals surface area (Å²) >= 11 is 0. The van der Waals surface area contributed by atoms with Crippen molar-refractivity contribution in [3.05, 3.63) is 0 Å². The zero-order valence-electron chi connectivity index (χ0n) is 6.26. The predicted octanol–water partition coefficient (Wildman–Crippen LogP) is 0.723. The van der Waals surface area contributed by atoms with Crippen LogP contribution in [-0.2, 0) is 4.79 Å². The number of nitrogens with one attached hydrogen (secondary N) is 1. The zero-order valence-corrected chi connectivity index (χ0v) is 6.26. The van der Waals surface area contributed by atoms with E-state index in [-0.39, 0.29) is 5.71 Å². The van der Waals surface area contributed by atoms with E-state index in [9.17, 15) is 9.59 Å². The fraction of sp³-hybridized carbons (Fsp3) is 0.500. The Hall–Kier alpha value is -1.19. The maximum absolute atomic E-state index is 10.3. The lowest BCUT2D eigenvalue weighted by Crippen LogP contribution is -2.23. The summed E-state index contributed by atoms with van der Waals surface area (Å²) in [5.74, 6) is -0.394. The van der Waals surface area contributed by atoms with Gasteiger partial charge in [-0.3, -0.25) is 10.1 Å². The molecule has 0 aromatic rings. The fourth-order valence-corrected chi connectivity index (χ4v) is 0.419. The van der Waals surface area contributed by atoms with E-state index < -0.39 is 11.9 Å². The molecular formula is C6H10N2O2. The number of carbonyl (C=O) groups is 2. The van der Waals surface area contributed by atoms with Crippen molar-refractivity contribution in [3.8, 4) is 0 Å². The predicted molar refractivity (Wildman–Crippen MR) is 38.0 cm³/mol. The molecule has 0 saturated carbocycles. The summed E-state index contributed by atoms with van der Waals surface area (Å²) in [5, 5.41) is 1.98. The quantitative estimate of drug-likeness (QED) is 0.541. The summed E-state index contributed by atoms with van der Waals surface area (Å²) in [4.78, 5) is 23.8. The van der Waals surface area contributed by atoms with Crippen LogP contribution >= 0.6 is 0 Å². The van der Waals surface area contributed by atoms with Crippen LogP contribution in [0.1, 0.15) is 20.8 Å². The summed E-state index contributed by atoms with van der Waals surface area (Å²) in [6, 6.07) is -0.562. The third kappa shape index (κ3) is 1.97. The van der Waals surface area contributed by atoms with E-state index >= 15 is 0 Å². The van der Waals surface area contributed by atoms with E-state index in [4.69, 9.17) is 0 Å². The zero-order chi connectivity index (χ0) is 8.15. The second-order valence-corrected chi connectivity index (χ2v) is 1.46. The van der Waals surface area contributed by atoms with Crippen molar-refractivity contribution in [2.24, 2.45) is 4.99 Å². The fourth-order valence-electron chi connectivity index (χ4n) is 0.419. The molecule has 0 aliphatic carbocycles. The van der Waals surface area contributed by atoms with E-state index in [2.05, 4.69) is 4.99 Å². The number of nitrogens with zero attached hydrogens (tertiary/aromatic N) is 1. The minimum atomic E-state index is -0.562. The van der Waals surface area contributed by atoms with E-state index in [0.29, 0.717) is 0 Å². The van der Waals surface area contributed by atoms with Crippen LogP contribution in [0.15, 0.2) is 4.99 Å². The standard InChI is InChI=1S/C4H4N2O2.C2H6/c1-2-3(7)6-4(8)5-2;1-2/h1H3,(H,6,7,8);1-2H3. The van der Waals surface area contributed by atoms with E-state index in [1.54, 1.807) is 0 Å². The lowest BCUT2D eigenvalue weighted by Gasteiger charge is -1.80. The first-order valence-electron chi connectivity index (χ1n) is 3.11. The van der Waals surface area contributed by atoms with Crippen LogP contribution in [0.2, 0.25) is 0 Å². The first kappa shape index (κ1) is 8.81. The number of amides is 3. The third-order valence-corrected chi connectivity index (χ3v) is 0.818. The summed E-state index contributed by atoms with van der Waals surface area (Å²) in [5.41, 5.74) is 0.231. The molecule has 56 valence electrons. The van der Waals surface area contributed by atoms with Crippen LogP contribution < -0.4 is 5.32 Å². The molecule has 3 amide bonds. The summed E-state index contributed by atoms with van der Waals surface area (Å²) in [6.07, 6.45) is 0. The van der Waals surface area contributed by atoms with Gasteiger partial charge in [0.15, 0.2) is 0 Å². The van der Waals surface area contributed by atoms with Crippen LogP contribution in [0.4, 0.5) is 4.79 Å². The number of imide groups is 1. The molecule has 1 N–H and O–H groups in total. The highest BCUT2D eigenvalue weighted by atomic mass is 16.2. The molecule has 0 bridgehead atoms. The second-order valence-electron chi connectivity index (χ2n) is 1.46. The van der Waals surface area contributed by atoms with Gasteiger partial charge in [-0.1, -0.05) is 13.8 Å². The van der Waals surface area contributed by atoms with Crippen LogP contribution in [0.25, 0.3) is 0 Å². The molecule has 4 nitrogen and oxygen atoms in total. The van der Waals surface area contributed by atoms with Crippen molar-refractivity contribution in [1.29, 1.82) is 0 Å². The lowest BCUT2D eigenvalue weighted by atomic mass is 10.4. The molecule has 0 fully saturated rings. The second kappa shape index (κ2) is 3.76. The molecule has 0 spiro atoms. The van der Waals surface area contributed by atoms with Crippen molar-refractivity contribution in [3.63, 3.8) is 0 Å². The number of carbonyl (C=O) groups excluding carboxylic acids is 2. The van der Waals surface area contributed by atoms with E-state index in [1.807, 2.05) is 19.2 Å². The molecule has 0 atom stereocenters. The maximum atomic E-state index is 10.3. The number of rotatable bonds is 0. The molecule has 4 heteroatoms. The molecule has 0 aromatic heterocycles. The Labute approximate surface area is 59.3 Å². The van der Waals surface area contributed by atoms with Crippen molar-refractivity contribution < 1.29 is 9.59 Å². The normalized spacial score (nSPS) is 15.3. The molecule has 1 aliphatic rings. The van der Waals surface area contributed by atoms with Gasteiger partial charge in [-0.25, -0.2) is 4.79 Å². The summed E-state index contributed by atoms with van der Waals surface area (Å²) in [7, 11) is 0. The highest BCUT2D eigenvalue weighted by Gasteiger charge is 2.17. The van der Waals surface area contributed by atoms with Gasteiger partial charge in [0.1, 0.15) is 5.71 Å². The van der Waals surface area contributed by atoms with E-state index in [0.717, 1.165) is 0 Å². The van der Waals surface area contributed by atoms with Gasteiger partial charge in [0.25, 0.3) is 5.91 Å². The molecule has 0 aromatic carbocycles. The summed E-state index contributed by atoms with van der Waals surface area (Å²) in [6.45, 7) is 5.49.